The molecule has 6 nitrogen and oxygen atoms in total. The van der Waals surface area contributed by atoms with Gasteiger partial charge in [-0.25, -0.2) is 9.79 Å². The molecule has 22 heavy (non-hydrogen) atoms. The first-order valence-corrected chi connectivity index (χ1v) is 6.91. The van der Waals surface area contributed by atoms with Gasteiger partial charge in [-0.1, -0.05) is 19.1 Å². The number of hydrogen-bond donors (Lipinski definition) is 2. The van der Waals surface area contributed by atoms with Crippen molar-refractivity contribution in [2.75, 3.05) is 0 Å². The smallest absolute Gasteiger partial charge is 0.337 e. The van der Waals surface area contributed by atoms with E-state index in [-0.39, 0.29) is 22.7 Å². The van der Waals surface area contributed by atoms with Gasteiger partial charge < -0.3 is 15.6 Å². The van der Waals surface area contributed by atoms with E-state index < -0.39 is 17.5 Å². The second-order valence-electron chi connectivity index (χ2n) is 5.29. The molecule has 1 amide bonds. The highest BCUT2D eigenvalue weighted by Gasteiger charge is 2.41. The summed E-state index contributed by atoms with van der Waals surface area (Å²) >= 11 is 0. The van der Waals surface area contributed by atoms with E-state index >= 15 is 0 Å². The monoisotopic (exact) mass is 302 g/mol. The van der Waals surface area contributed by atoms with Gasteiger partial charge in [-0.3, -0.25) is 4.79 Å². The van der Waals surface area contributed by atoms with Crippen LogP contribution in [0.2, 0.25) is 0 Å². The van der Waals surface area contributed by atoms with Crippen LogP contribution >= 0.6 is 0 Å². The van der Waals surface area contributed by atoms with Crippen LogP contribution in [0.5, 0.6) is 0 Å². The summed E-state index contributed by atoms with van der Waals surface area (Å²) in [7, 11) is 0. The molecule has 1 aliphatic rings. The van der Waals surface area contributed by atoms with Gasteiger partial charge >= 0.3 is 5.97 Å². The van der Waals surface area contributed by atoms with Gasteiger partial charge in [0.25, 0.3) is 5.91 Å². The molecule has 0 aromatic heterocycles. The lowest BCUT2D eigenvalue weighted by molar-refractivity contribution is -0.114. The number of hydrogen-bond acceptors (Lipinski definition) is 4. The fourth-order valence-corrected chi connectivity index (χ4v) is 2.33. The maximum atomic E-state index is 11.7. The van der Waals surface area contributed by atoms with Crippen molar-refractivity contribution in [3.05, 3.63) is 41.0 Å². The van der Waals surface area contributed by atoms with Crippen molar-refractivity contribution >= 4 is 23.5 Å². The zero-order chi connectivity index (χ0) is 16.5. The highest BCUT2D eigenvalue weighted by Crippen LogP contribution is 2.36. The van der Waals surface area contributed by atoms with Crippen LogP contribution in [0.25, 0.3) is 0 Å². The number of rotatable bonds is 4. The number of aliphatic imine (C=N–C) groups is 1. The molecule has 0 aliphatic carbocycles. The predicted molar refractivity (Wildman–Crippen MR) is 82.2 cm³/mol. The minimum Gasteiger partial charge on any atom is -0.478 e. The number of carboxylic acid groups (broad SMARTS) is 1. The van der Waals surface area contributed by atoms with Crippen LogP contribution in [0.4, 0.5) is 5.69 Å². The van der Waals surface area contributed by atoms with Crippen molar-refractivity contribution in [3.63, 3.8) is 0 Å². The Morgan fingerprint density at radius 3 is 2.55 bits per heavy atom. The summed E-state index contributed by atoms with van der Waals surface area (Å²) < 4.78 is 5.81. The topological polar surface area (TPSA) is 102 Å². The number of carbonyl (C=O) groups is 2. The molecule has 0 spiro atoms. The summed E-state index contributed by atoms with van der Waals surface area (Å²) in [4.78, 5) is 27.2. The number of nitrogens with zero attached hydrogens (tertiary/aromatic N) is 1. The Hall–Kier alpha value is -2.63. The number of carboxylic acids is 1. The van der Waals surface area contributed by atoms with Crippen LogP contribution in [0.1, 0.15) is 37.6 Å². The molecule has 1 aromatic rings. The molecule has 0 saturated heterocycles. The van der Waals surface area contributed by atoms with Crippen LogP contribution in [0.15, 0.2) is 40.4 Å². The van der Waals surface area contributed by atoms with Crippen LogP contribution in [0, 0.1) is 0 Å². The fourth-order valence-electron chi connectivity index (χ4n) is 2.33. The first kappa shape index (κ1) is 15.8. The van der Waals surface area contributed by atoms with E-state index in [1.165, 1.54) is 6.07 Å². The maximum absolute atomic E-state index is 11.7. The first-order valence-electron chi connectivity index (χ1n) is 6.91. The lowest BCUT2D eigenvalue weighted by Gasteiger charge is -2.23. The Labute approximate surface area is 128 Å². The molecule has 1 aliphatic heterocycles. The molecule has 0 fully saturated rings. The Kier molecular flexibility index (Phi) is 4.03. The van der Waals surface area contributed by atoms with Gasteiger partial charge in [0.1, 0.15) is 11.2 Å². The highest BCUT2D eigenvalue weighted by molar-refractivity contribution is 6.21. The molecular formula is C16H18N2O4. The zero-order valence-corrected chi connectivity index (χ0v) is 12.7. The quantitative estimate of drug-likeness (QED) is 0.891. The summed E-state index contributed by atoms with van der Waals surface area (Å²) in [5.41, 5.74) is 5.93. The third-order valence-corrected chi connectivity index (χ3v) is 3.98. The molecule has 1 heterocycles. The van der Waals surface area contributed by atoms with Crippen LogP contribution < -0.4 is 5.73 Å². The largest absolute Gasteiger partial charge is 0.478 e. The minimum absolute atomic E-state index is 0.0326. The number of carbonyl (C=O) groups excluding carboxylic acids is 1. The van der Waals surface area contributed by atoms with Gasteiger partial charge in [0, 0.05) is 0 Å². The summed E-state index contributed by atoms with van der Waals surface area (Å²) in [5, 5.41) is 9.20. The Balaban J connectivity index is 2.58. The average molecular weight is 302 g/mol. The van der Waals surface area contributed by atoms with Crippen molar-refractivity contribution < 1.29 is 19.4 Å². The average Bonchev–Trinajstić information content (AvgIpc) is 2.71. The lowest BCUT2D eigenvalue weighted by Crippen LogP contribution is -2.25. The second-order valence-corrected chi connectivity index (χ2v) is 5.29. The normalized spacial score (nSPS) is 22.8. The summed E-state index contributed by atoms with van der Waals surface area (Å²) in [5.74, 6) is -1.66. The van der Waals surface area contributed by atoms with Gasteiger partial charge in [-0.15, -0.1) is 0 Å². The van der Waals surface area contributed by atoms with Crippen molar-refractivity contribution in [1.29, 1.82) is 0 Å². The maximum Gasteiger partial charge on any atom is 0.337 e. The molecular weight excluding hydrogens is 284 g/mol. The number of para-hydroxylation sites is 1. The first-order chi connectivity index (χ1) is 10.3. The highest BCUT2D eigenvalue weighted by atomic mass is 16.5. The van der Waals surface area contributed by atoms with E-state index in [1.807, 2.05) is 13.8 Å². The predicted octanol–water partition coefficient (Wildman–Crippen LogP) is 2.42. The van der Waals surface area contributed by atoms with Crippen molar-refractivity contribution in [3.8, 4) is 0 Å². The van der Waals surface area contributed by atoms with Gasteiger partial charge in [0.05, 0.1) is 11.3 Å². The van der Waals surface area contributed by atoms with Crippen LogP contribution in [0.3, 0.4) is 0 Å². The number of benzene rings is 1. The third-order valence-electron chi connectivity index (χ3n) is 3.98. The molecule has 0 saturated carbocycles. The van der Waals surface area contributed by atoms with Crippen molar-refractivity contribution in [2.45, 2.75) is 32.8 Å². The van der Waals surface area contributed by atoms with E-state index in [1.54, 1.807) is 25.1 Å². The lowest BCUT2D eigenvalue weighted by atomic mass is 9.92. The Morgan fingerprint density at radius 2 is 2.00 bits per heavy atom. The SMILES string of the molecule is CCC1(C)OC(=Nc2ccccc2C(=O)O)C(C(N)=O)=C1C. The van der Waals surface area contributed by atoms with E-state index in [2.05, 4.69) is 4.99 Å². The van der Waals surface area contributed by atoms with Crippen LogP contribution in [-0.2, 0) is 9.53 Å². The number of aromatic carboxylic acids is 1. The molecule has 1 atom stereocenters. The molecule has 1 unspecified atom stereocenters. The van der Waals surface area contributed by atoms with Gasteiger partial charge in [-0.2, -0.15) is 0 Å². The third kappa shape index (κ3) is 2.59. The number of amides is 1. The molecule has 2 rings (SSSR count). The van der Waals surface area contributed by atoms with Gasteiger partial charge in [-0.05, 0) is 38.0 Å². The van der Waals surface area contributed by atoms with E-state index in [0.717, 1.165) is 0 Å². The van der Waals surface area contributed by atoms with Gasteiger partial charge in [0.15, 0.2) is 0 Å². The van der Waals surface area contributed by atoms with Crippen molar-refractivity contribution in [1.82, 2.24) is 0 Å². The summed E-state index contributed by atoms with van der Waals surface area (Å²) in [6, 6.07) is 6.26. The Bertz CT molecular complexity index is 706. The molecule has 1 aromatic carbocycles. The standard InChI is InChI=1S/C16H18N2O4/c1-4-16(3)9(2)12(13(17)19)14(22-16)18-11-8-6-5-7-10(11)15(20)21/h5-8H,4H2,1-3H3,(H2,17,19)(H,20,21). The molecule has 0 bridgehead atoms. The minimum atomic E-state index is -1.10. The summed E-state index contributed by atoms with van der Waals surface area (Å²) in [6.45, 7) is 5.54. The summed E-state index contributed by atoms with van der Waals surface area (Å²) in [6.07, 6.45) is 0.634. The number of primary amides is 1. The van der Waals surface area contributed by atoms with Crippen LogP contribution in [-0.4, -0.2) is 28.5 Å². The van der Waals surface area contributed by atoms with Crippen molar-refractivity contribution in [2.24, 2.45) is 10.7 Å². The number of nitrogens with two attached hydrogens (primary N) is 1. The zero-order valence-electron chi connectivity index (χ0n) is 12.7. The van der Waals surface area contributed by atoms with E-state index in [9.17, 15) is 14.7 Å². The molecule has 6 heteroatoms. The molecule has 3 N–H and O–H groups in total. The number of ether oxygens (including phenoxy) is 1. The Morgan fingerprint density at radius 1 is 1.36 bits per heavy atom. The fraction of sp³-hybridized carbons (Fsp3) is 0.312. The molecule has 0 radical (unpaired) electrons. The van der Waals surface area contributed by atoms with E-state index in [0.29, 0.717) is 12.0 Å². The van der Waals surface area contributed by atoms with Gasteiger partial charge in [0.2, 0.25) is 5.90 Å². The van der Waals surface area contributed by atoms with E-state index in [4.69, 9.17) is 10.5 Å². The second kappa shape index (κ2) is 5.63. The molecule has 116 valence electrons.